The highest BCUT2D eigenvalue weighted by molar-refractivity contribution is 5.42. The molecule has 2 aromatic carbocycles. The highest BCUT2D eigenvalue weighted by atomic mass is 19.1. The van der Waals surface area contributed by atoms with Crippen molar-refractivity contribution in [3.05, 3.63) is 69.8 Å². The van der Waals surface area contributed by atoms with Crippen LogP contribution in [0.4, 0.5) is 8.78 Å². The molecule has 2 aromatic rings. The molecule has 100 valence electrons. The summed E-state index contributed by atoms with van der Waals surface area (Å²) in [4.78, 5) is 0. The number of hydrogen-bond acceptors (Lipinski definition) is 1. The van der Waals surface area contributed by atoms with Gasteiger partial charge in [0.15, 0.2) is 0 Å². The Morgan fingerprint density at radius 1 is 0.789 bits per heavy atom. The molecule has 0 bridgehead atoms. The van der Waals surface area contributed by atoms with Crippen LogP contribution in [0.15, 0.2) is 30.3 Å². The minimum absolute atomic E-state index is 0.448. The SMILES string of the molecule is Cc1cc(C)c(C(N)c2cc(F)cc(F)c2)cc1C. The van der Waals surface area contributed by atoms with E-state index in [4.69, 9.17) is 5.73 Å². The van der Waals surface area contributed by atoms with Gasteiger partial charge < -0.3 is 5.73 Å². The van der Waals surface area contributed by atoms with Crippen molar-refractivity contribution in [3.8, 4) is 0 Å². The van der Waals surface area contributed by atoms with Crippen molar-refractivity contribution in [2.45, 2.75) is 26.8 Å². The second-order valence-electron chi connectivity index (χ2n) is 4.97. The van der Waals surface area contributed by atoms with E-state index in [0.29, 0.717) is 5.56 Å². The molecule has 0 saturated carbocycles. The summed E-state index contributed by atoms with van der Waals surface area (Å²) in [5.74, 6) is -1.21. The van der Waals surface area contributed by atoms with Gasteiger partial charge in [-0.15, -0.1) is 0 Å². The van der Waals surface area contributed by atoms with Gasteiger partial charge in [-0.05, 0) is 60.7 Å². The number of benzene rings is 2. The van der Waals surface area contributed by atoms with E-state index in [1.807, 2.05) is 32.9 Å². The Hall–Kier alpha value is -1.74. The summed E-state index contributed by atoms with van der Waals surface area (Å²) in [5.41, 5.74) is 10.8. The fourth-order valence-corrected chi connectivity index (χ4v) is 2.25. The normalized spacial score (nSPS) is 12.5. The quantitative estimate of drug-likeness (QED) is 0.870. The van der Waals surface area contributed by atoms with Crippen molar-refractivity contribution in [1.82, 2.24) is 0 Å². The van der Waals surface area contributed by atoms with E-state index in [1.54, 1.807) is 0 Å². The van der Waals surface area contributed by atoms with Crippen molar-refractivity contribution in [1.29, 1.82) is 0 Å². The summed E-state index contributed by atoms with van der Waals surface area (Å²) >= 11 is 0. The van der Waals surface area contributed by atoms with E-state index in [0.717, 1.165) is 22.8 Å². The van der Waals surface area contributed by atoms with Crippen molar-refractivity contribution in [3.63, 3.8) is 0 Å². The highest BCUT2D eigenvalue weighted by Gasteiger charge is 2.14. The third-order valence-corrected chi connectivity index (χ3v) is 3.46. The zero-order valence-corrected chi connectivity index (χ0v) is 11.3. The second-order valence-corrected chi connectivity index (χ2v) is 4.97. The maximum absolute atomic E-state index is 13.3. The monoisotopic (exact) mass is 261 g/mol. The Balaban J connectivity index is 2.49. The fraction of sp³-hybridized carbons (Fsp3) is 0.250. The number of hydrogen-bond donors (Lipinski definition) is 1. The van der Waals surface area contributed by atoms with Crippen LogP contribution in [0, 0.1) is 32.4 Å². The number of rotatable bonds is 2. The number of aryl methyl sites for hydroxylation is 3. The molecule has 1 atom stereocenters. The van der Waals surface area contributed by atoms with Gasteiger partial charge in [-0.3, -0.25) is 0 Å². The van der Waals surface area contributed by atoms with Gasteiger partial charge >= 0.3 is 0 Å². The third kappa shape index (κ3) is 2.82. The standard InChI is InChI=1S/C16H17F2N/c1-9-4-11(3)15(5-10(9)2)16(19)12-6-13(17)8-14(18)7-12/h4-8,16H,19H2,1-3H3. The molecule has 0 spiro atoms. The van der Waals surface area contributed by atoms with Gasteiger partial charge in [-0.2, -0.15) is 0 Å². The topological polar surface area (TPSA) is 26.0 Å². The van der Waals surface area contributed by atoms with Crippen molar-refractivity contribution in [2.24, 2.45) is 5.73 Å². The van der Waals surface area contributed by atoms with Gasteiger partial charge in [0.2, 0.25) is 0 Å². The van der Waals surface area contributed by atoms with Gasteiger partial charge in [-0.25, -0.2) is 8.78 Å². The summed E-state index contributed by atoms with van der Waals surface area (Å²) in [5, 5.41) is 0. The fourth-order valence-electron chi connectivity index (χ4n) is 2.25. The molecule has 0 aliphatic heterocycles. The van der Waals surface area contributed by atoms with E-state index < -0.39 is 17.7 Å². The minimum atomic E-state index is -0.605. The lowest BCUT2D eigenvalue weighted by molar-refractivity contribution is 0.577. The first-order valence-electron chi connectivity index (χ1n) is 6.18. The van der Waals surface area contributed by atoms with Gasteiger partial charge in [0.05, 0.1) is 6.04 Å². The number of nitrogens with two attached hydrogens (primary N) is 1. The lowest BCUT2D eigenvalue weighted by Gasteiger charge is -2.17. The summed E-state index contributed by atoms with van der Waals surface area (Å²) in [7, 11) is 0. The summed E-state index contributed by atoms with van der Waals surface area (Å²) in [6.07, 6.45) is 0. The van der Waals surface area contributed by atoms with Crippen LogP contribution < -0.4 is 5.73 Å². The first-order chi connectivity index (χ1) is 8.88. The average molecular weight is 261 g/mol. The van der Waals surface area contributed by atoms with Crippen LogP contribution in [0.2, 0.25) is 0 Å². The minimum Gasteiger partial charge on any atom is -0.320 e. The van der Waals surface area contributed by atoms with Gasteiger partial charge in [0.1, 0.15) is 11.6 Å². The molecule has 0 amide bonds. The van der Waals surface area contributed by atoms with E-state index in [2.05, 4.69) is 0 Å². The zero-order chi connectivity index (χ0) is 14.2. The lowest BCUT2D eigenvalue weighted by atomic mass is 9.92. The van der Waals surface area contributed by atoms with Crippen molar-refractivity contribution < 1.29 is 8.78 Å². The largest absolute Gasteiger partial charge is 0.320 e. The Bertz CT molecular complexity index is 600. The molecule has 1 unspecified atom stereocenters. The van der Waals surface area contributed by atoms with Crippen LogP contribution in [0.1, 0.15) is 33.9 Å². The maximum Gasteiger partial charge on any atom is 0.126 e. The number of halogens is 2. The summed E-state index contributed by atoms with van der Waals surface area (Å²) in [6, 6.07) is 6.91. The predicted molar refractivity (Wildman–Crippen MR) is 73.0 cm³/mol. The van der Waals surface area contributed by atoms with E-state index >= 15 is 0 Å². The molecule has 2 N–H and O–H groups in total. The Morgan fingerprint density at radius 3 is 1.89 bits per heavy atom. The molecule has 0 aliphatic rings. The van der Waals surface area contributed by atoms with Crippen LogP contribution in [-0.4, -0.2) is 0 Å². The molecule has 0 heterocycles. The molecule has 0 aliphatic carbocycles. The molecule has 1 nitrogen and oxygen atoms in total. The molecule has 0 saturated heterocycles. The Morgan fingerprint density at radius 2 is 1.32 bits per heavy atom. The van der Waals surface area contributed by atoms with Crippen LogP contribution in [-0.2, 0) is 0 Å². The van der Waals surface area contributed by atoms with Gasteiger partial charge in [0, 0.05) is 6.07 Å². The van der Waals surface area contributed by atoms with Crippen LogP contribution in [0.25, 0.3) is 0 Å². The van der Waals surface area contributed by atoms with Crippen LogP contribution in [0.3, 0.4) is 0 Å². The molecule has 0 aromatic heterocycles. The van der Waals surface area contributed by atoms with Gasteiger partial charge in [-0.1, -0.05) is 12.1 Å². The van der Waals surface area contributed by atoms with Crippen molar-refractivity contribution >= 4 is 0 Å². The van der Waals surface area contributed by atoms with E-state index in [9.17, 15) is 8.78 Å². The average Bonchev–Trinajstić information content (AvgIpc) is 2.31. The third-order valence-electron chi connectivity index (χ3n) is 3.46. The molecule has 3 heteroatoms. The summed E-state index contributed by atoms with van der Waals surface area (Å²) in [6.45, 7) is 5.98. The summed E-state index contributed by atoms with van der Waals surface area (Å²) < 4.78 is 26.5. The lowest BCUT2D eigenvalue weighted by Crippen LogP contribution is -2.14. The molecule has 19 heavy (non-hydrogen) atoms. The van der Waals surface area contributed by atoms with Crippen molar-refractivity contribution in [2.75, 3.05) is 0 Å². The second kappa shape index (κ2) is 5.10. The van der Waals surface area contributed by atoms with E-state index in [1.165, 1.54) is 17.7 Å². The first-order valence-corrected chi connectivity index (χ1v) is 6.18. The van der Waals surface area contributed by atoms with E-state index in [-0.39, 0.29) is 0 Å². The Kier molecular flexibility index (Phi) is 3.67. The zero-order valence-electron chi connectivity index (χ0n) is 11.3. The van der Waals surface area contributed by atoms with Crippen LogP contribution >= 0.6 is 0 Å². The van der Waals surface area contributed by atoms with Gasteiger partial charge in [0.25, 0.3) is 0 Å². The Labute approximate surface area is 112 Å². The molecule has 0 fully saturated rings. The molecular weight excluding hydrogens is 244 g/mol. The first kappa shape index (κ1) is 13.7. The smallest absolute Gasteiger partial charge is 0.126 e. The molecular formula is C16H17F2N. The maximum atomic E-state index is 13.3. The molecule has 0 radical (unpaired) electrons. The van der Waals surface area contributed by atoms with Crippen LogP contribution in [0.5, 0.6) is 0 Å². The predicted octanol–water partition coefficient (Wildman–Crippen LogP) is 3.94. The molecule has 2 rings (SSSR count). The highest BCUT2D eigenvalue weighted by Crippen LogP contribution is 2.26.